The van der Waals surface area contributed by atoms with E-state index in [1.807, 2.05) is 0 Å². The normalized spacial score (nSPS) is 17.1. The van der Waals surface area contributed by atoms with E-state index >= 15 is 0 Å². The lowest BCUT2D eigenvalue weighted by Gasteiger charge is -2.29. The number of nitrogens with zero attached hydrogens (tertiary/aromatic N) is 1. The van der Waals surface area contributed by atoms with Gasteiger partial charge in [-0.15, -0.1) is 0 Å². The van der Waals surface area contributed by atoms with Crippen molar-refractivity contribution >= 4 is 5.69 Å². The van der Waals surface area contributed by atoms with Crippen molar-refractivity contribution in [3.8, 4) is 0 Å². The van der Waals surface area contributed by atoms with E-state index in [0.717, 1.165) is 31.9 Å². The van der Waals surface area contributed by atoms with Gasteiger partial charge < -0.3 is 10.2 Å². The summed E-state index contributed by atoms with van der Waals surface area (Å²) in [4.78, 5) is 2.20. The molecule has 0 atom stereocenters. The van der Waals surface area contributed by atoms with E-state index in [2.05, 4.69) is 10.2 Å². The van der Waals surface area contributed by atoms with Crippen LogP contribution >= 0.6 is 0 Å². The molecule has 0 radical (unpaired) electrons. The highest BCUT2D eigenvalue weighted by Crippen LogP contribution is 2.22. The topological polar surface area (TPSA) is 15.3 Å². The number of piperazine rings is 1. The number of nitrogens with one attached hydrogen (secondary N) is 1. The molecule has 0 bridgehead atoms. The second-order valence-corrected chi connectivity index (χ2v) is 3.63. The molecule has 0 saturated carbocycles. The summed E-state index contributed by atoms with van der Waals surface area (Å²) in [6, 6.07) is 6.55. The van der Waals surface area contributed by atoms with Gasteiger partial charge in [-0.2, -0.15) is 0 Å². The lowest BCUT2D eigenvalue weighted by Crippen LogP contribution is -2.43. The van der Waals surface area contributed by atoms with Crippen LogP contribution < -0.4 is 10.2 Å². The monoisotopic (exact) mass is 212 g/mol. The highest BCUT2D eigenvalue weighted by molar-refractivity contribution is 5.48. The molecule has 1 aromatic carbocycles. The smallest absolute Gasteiger partial charge is 0.263 e. The Bertz CT molecular complexity index is 305. The zero-order valence-corrected chi connectivity index (χ0v) is 8.42. The van der Waals surface area contributed by atoms with E-state index in [-0.39, 0.29) is 5.56 Å². The zero-order chi connectivity index (χ0) is 10.7. The van der Waals surface area contributed by atoms with E-state index in [1.54, 1.807) is 12.1 Å². The molecular weight excluding hydrogens is 198 g/mol. The Morgan fingerprint density at radius 1 is 1.07 bits per heavy atom. The number of hydrogen-bond acceptors (Lipinski definition) is 2. The van der Waals surface area contributed by atoms with Crippen LogP contribution in [0.15, 0.2) is 24.3 Å². The van der Waals surface area contributed by atoms with Gasteiger partial charge in [0.15, 0.2) is 0 Å². The van der Waals surface area contributed by atoms with Crippen molar-refractivity contribution in [2.24, 2.45) is 0 Å². The largest absolute Gasteiger partial charge is 0.369 e. The zero-order valence-electron chi connectivity index (χ0n) is 8.42. The summed E-state index contributed by atoms with van der Waals surface area (Å²) in [5, 5.41) is 3.25. The summed E-state index contributed by atoms with van der Waals surface area (Å²) in [7, 11) is 0. The lowest BCUT2D eigenvalue weighted by atomic mass is 10.2. The van der Waals surface area contributed by atoms with Gasteiger partial charge in [0, 0.05) is 37.4 Å². The maximum atomic E-state index is 12.3. The second-order valence-electron chi connectivity index (χ2n) is 3.63. The second kappa shape index (κ2) is 4.57. The standard InChI is InChI=1S/C11H14F2N2/c12-11(13)9-1-3-10(4-2-9)15-7-5-14-6-8-15/h1-4,11,14H,5-8H2. The summed E-state index contributed by atoms with van der Waals surface area (Å²) in [5.41, 5.74) is 1.12. The summed E-state index contributed by atoms with van der Waals surface area (Å²) < 4.78 is 24.6. The molecule has 4 heteroatoms. The van der Waals surface area contributed by atoms with Crippen molar-refractivity contribution in [1.82, 2.24) is 5.32 Å². The molecule has 1 heterocycles. The Labute approximate surface area is 87.9 Å². The molecule has 1 N–H and O–H groups in total. The maximum Gasteiger partial charge on any atom is 0.263 e. The number of rotatable bonds is 2. The highest BCUT2D eigenvalue weighted by Gasteiger charge is 2.11. The van der Waals surface area contributed by atoms with Gasteiger partial charge in [0.1, 0.15) is 0 Å². The molecule has 0 spiro atoms. The van der Waals surface area contributed by atoms with Crippen molar-refractivity contribution in [1.29, 1.82) is 0 Å². The van der Waals surface area contributed by atoms with E-state index in [9.17, 15) is 8.78 Å². The fraction of sp³-hybridized carbons (Fsp3) is 0.455. The first-order chi connectivity index (χ1) is 7.27. The first-order valence-corrected chi connectivity index (χ1v) is 5.11. The van der Waals surface area contributed by atoms with Gasteiger partial charge in [0.2, 0.25) is 0 Å². The van der Waals surface area contributed by atoms with E-state index < -0.39 is 6.43 Å². The Kier molecular flexibility index (Phi) is 3.16. The average molecular weight is 212 g/mol. The van der Waals surface area contributed by atoms with Crippen LogP contribution in [-0.4, -0.2) is 26.2 Å². The highest BCUT2D eigenvalue weighted by atomic mass is 19.3. The van der Waals surface area contributed by atoms with Gasteiger partial charge in [-0.05, 0) is 12.1 Å². The molecule has 15 heavy (non-hydrogen) atoms. The summed E-state index contributed by atoms with van der Waals surface area (Å²) in [6.07, 6.45) is -2.37. The van der Waals surface area contributed by atoms with Gasteiger partial charge in [-0.25, -0.2) is 8.78 Å². The Balaban J connectivity index is 2.08. The predicted molar refractivity (Wildman–Crippen MR) is 56.5 cm³/mol. The molecule has 0 amide bonds. The van der Waals surface area contributed by atoms with E-state index in [0.29, 0.717) is 0 Å². The van der Waals surface area contributed by atoms with Crippen molar-refractivity contribution in [3.63, 3.8) is 0 Å². The summed E-state index contributed by atoms with van der Waals surface area (Å²) >= 11 is 0. The molecule has 0 aliphatic carbocycles. The molecule has 1 aliphatic rings. The third-order valence-corrected chi connectivity index (χ3v) is 2.63. The van der Waals surface area contributed by atoms with Crippen LogP contribution in [0.25, 0.3) is 0 Å². The molecule has 1 fully saturated rings. The number of halogens is 2. The number of anilines is 1. The molecule has 1 saturated heterocycles. The molecule has 1 aromatic rings. The molecule has 0 unspecified atom stereocenters. The quantitative estimate of drug-likeness (QED) is 0.807. The first kappa shape index (κ1) is 10.4. The van der Waals surface area contributed by atoms with Gasteiger partial charge in [-0.3, -0.25) is 0 Å². The first-order valence-electron chi connectivity index (χ1n) is 5.11. The Morgan fingerprint density at radius 3 is 2.20 bits per heavy atom. The van der Waals surface area contributed by atoms with Crippen LogP contribution in [0.2, 0.25) is 0 Å². The van der Waals surface area contributed by atoms with Crippen molar-refractivity contribution in [2.45, 2.75) is 6.43 Å². The van der Waals surface area contributed by atoms with Crippen LogP contribution in [0.1, 0.15) is 12.0 Å². The van der Waals surface area contributed by atoms with E-state index in [1.165, 1.54) is 12.1 Å². The van der Waals surface area contributed by atoms with Crippen molar-refractivity contribution in [3.05, 3.63) is 29.8 Å². The summed E-state index contributed by atoms with van der Waals surface area (Å²) in [6.45, 7) is 3.79. The Morgan fingerprint density at radius 2 is 1.67 bits per heavy atom. The predicted octanol–water partition coefficient (Wildman–Crippen LogP) is 2.03. The van der Waals surface area contributed by atoms with Crippen LogP contribution in [0.5, 0.6) is 0 Å². The fourth-order valence-electron chi connectivity index (χ4n) is 1.75. The molecule has 2 rings (SSSR count). The third kappa shape index (κ3) is 2.45. The maximum absolute atomic E-state index is 12.3. The van der Waals surface area contributed by atoms with Gasteiger partial charge in [-0.1, -0.05) is 12.1 Å². The average Bonchev–Trinajstić information content (AvgIpc) is 2.30. The van der Waals surface area contributed by atoms with Crippen LogP contribution in [-0.2, 0) is 0 Å². The fourth-order valence-corrected chi connectivity index (χ4v) is 1.75. The van der Waals surface area contributed by atoms with Crippen molar-refractivity contribution < 1.29 is 8.78 Å². The molecular formula is C11H14F2N2. The number of benzene rings is 1. The van der Waals surface area contributed by atoms with Crippen molar-refractivity contribution in [2.75, 3.05) is 31.1 Å². The van der Waals surface area contributed by atoms with Crippen LogP contribution in [0, 0.1) is 0 Å². The SMILES string of the molecule is FC(F)c1ccc(N2CCNCC2)cc1. The molecule has 1 aliphatic heterocycles. The van der Waals surface area contributed by atoms with Gasteiger partial charge in [0.25, 0.3) is 6.43 Å². The van der Waals surface area contributed by atoms with Gasteiger partial charge in [0.05, 0.1) is 0 Å². The number of hydrogen-bond donors (Lipinski definition) is 1. The third-order valence-electron chi connectivity index (χ3n) is 2.63. The minimum absolute atomic E-state index is 0.0916. The minimum Gasteiger partial charge on any atom is -0.369 e. The minimum atomic E-state index is -2.37. The van der Waals surface area contributed by atoms with E-state index in [4.69, 9.17) is 0 Å². The van der Waals surface area contributed by atoms with Crippen LogP contribution in [0.3, 0.4) is 0 Å². The molecule has 82 valence electrons. The Hall–Kier alpha value is -1.16. The summed E-state index contributed by atoms with van der Waals surface area (Å²) in [5.74, 6) is 0. The lowest BCUT2D eigenvalue weighted by molar-refractivity contribution is 0.151. The molecule has 2 nitrogen and oxygen atoms in total. The molecule has 0 aromatic heterocycles. The van der Waals surface area contributed by atoms with Gasteiger partial charge >= 0.3 is 0 Å². The number of alkyl halides is 2. The van der Waals surface area contributed by atoms with Crippen LogP contribution in [0.4, 0.5) is 14.5 Å².